The number of nitrogens with zero attached hydrogens (tertiary/aromatic N) is 1. The number of amides is 1. The lowest BCUT2D eigenvalue weighted by molar-refractivity contribution is -0.140. The van der Waals surface area contributed by atoms with E-state index in [4.69, 9.17) is 5.11 Å². The second-order valence-corrected chi connectivity index (χ2v) is 3.70. The smallest absolute Gasteiger partial charge is 0.392 e. The Bertz CT molecular complexity index is 385. The average Bonchev–Trinajstić information content (AvgIpc) is 2.59. The van der Waals surface area contributed by atoms with Crippen molar-refractivity contribution < 1.29 is 23.1 Å². The number of nitrogens with one attached hydrogen (secondary N) is 1. The van der Waals surface area contributed by atoms with Crippen LogP contribution in [0.3, 0.4) is 0 Å². The van der Waals surface area contributed by atoms with E-state index in [2.05, 4.69) is 5.32 Å². The maximum atomic E-state index is 12.2. The number of halogens is 3. The summed E-state index contributed by atoms with van der Waals surface area (Å²) in [4.78, 5) is 11.5. The van der Waals surface area contributed by atoms with Gasteiger partial charge in [-0.15, -0.1) is 0 Å². The van der Waals surface area contributed by atoms with Crippen LogP contribution in [0.1, 0.15) is 17.4 Å². The molecule has 0 radical (unpaired) electrons. The van der Waals surface area contributed by atoms with E-state index in [9.17, 15) is 18.0 Å². The summed E-state index contributed by atoms with van der Waals surface area (Å²) >= 11 is 0. The Hall–Kier alpha value is -1.50. The van der Waals surface area contributed by atoms with Crippen molar-refractivity contribution in [2.24, 2.45) is 0 Å². The summed E-state index contributed by atoms with van der Waals surface area (Å²) in [6.45, 7) is 0.252. The van der Waals surface area contributed by atoms with Crippen molar-refractivity contribution >= 4 is 5.91 Å². The molecule has 0 aliphatic carbocycles. The van der Waals surface area contributed by atoms with Crippen LogP contribution in [0, 0.1) is 0 Å². The molecule has 0 aromatic carbocycles. The van der Waals surface area contributed by atoms with Gasteiger partial charge in [-0.05, 0) is 19.1 Å². The zero-order chi connectivity index (χ0) is 13.1. The van der Waals surface area contributed by atoms with Gasteiger partial charge in [0, 0.05) is 12.7 Å². The summed E-state index contributed by atoms with van der Waals surface area (Å²) in [5, 5.41) is 11.3. The number of carbonyl (C=O) groups excluding carboxylic acids is 1. The molecule has 0 spiro atoms. The number of aliphatic hydroxyl groups excluding tert-OH is 1. The Morgan fingerprint density at radius 1 is 1.59 bits per heavy atom. The third-order valence-electron chi connectivity index (χ3n) is 1.97. The predicted octanol–water partition coefficient (Wildman–Crippen LogP) is 1.16. The monoisotopic (exact) mass is 250 g/mol. The molecular formula is C10H13F3N2O2. The van der Waals surface area contributed by atoms with Crippen LogP contribution in [-0.2, 0) is 6.54 Å². The molecule has 0 aliphatic heterocycles. The summed E-state index contributed by atoms with van der Waals surface area (Å²) in [5.74, 6) is -0.639. The molecule has 0 aliphatic rings. The minimum Gasteiger partial charge on any atom is -0.392 e. The largest absolute Gasteiger partial charge is 0.406 e. The van der Waals surface area contributed by atoms with Crippen LogP contribution in [0.25, 0.3) is 0 Å². The number of carbonyl (C=O) groups is 1. The SMILES string of the molecule is C[C@H](O)CNC(=O)c1cccn1CC(F)(F)F. The zero-order valence-corrected chi connectivity index (χ0v) is 9.16. The van der Waals surface area contributed by atoms with E-state index in [0.29, 0.717) is 0 Å². The fourth-order valence-corrected chi connectivity index (χ4v) is 1.28. The lowest BCUT2D eigenvalue weighted by atomic mass is 10.3. The quantitative estimate of drug-likeness (QED) is 0.842. The Morgan fingerprint density at radius 3 is 2.76 bits per heavy atom. The lowest BCUT2D eigenvalue weighted by Crippen LogP contribution is -2.32. The number of rotatable bonds is 4. The maximum absolute atomic E-state index is 12.2. The van der Waals surface area contributed by atoms with Crippen molar-refractivity contribution in [3.63, 3.8) is 0 Å². The highest BCUT2D eigenvalue weighted by molar-refractivity contribution is 5.92. The fraction of sp³-hybridized carbons (Fsp3) is 0.500. The molecular weight excluding hydrogens is 237 g/mol. The summed E-state index contributed by atoms with van der Waals surface area (Å²) < 4.78 is 37.4. The van der Waals surface area contributed by atoms with Crippen molar-refractivity contribution in [1.29, 1.82) is 0 Å². The third-order valence-corrected chi connectivity index (χ3v) is 1.97. The van der Waals surface area contributed by atoms with Gasteiger partial charge in [-0.2, -0.15) is 13.2 Å². The summed E-state index contributed by atoms with van der Waals surface area (Å²) in [6.07, 6.45) is -3.94. The number of hydrogen-bond donors (Lipinski definition) is 2. The standard InChI is InChI=1S/C10H13F3N2O2/c1-7(16)5-14-9(17)8-3-2-4-15(8)6-10(11,12)13/h2-4,7,16H,5-6H2,1H3,(H,14,17)/t7-/m0/s1. The molecule has 1 amide bonds. The molecule has 0 fully saturated rings. The summed E-state index contributed by atoms with van der Waals surface area (Å²) in [5.41, 5.74) is -0.0806. The molecule has 4 nitrogen and oxygen atoms in total. The molecule has 96 valence electrons. The zero-order valence-electron chi connectivity index (χ0n) is 9.16. The van der Waals surface area contributed by atoms with E-state index < -0.39 is 24.7 Å². The molecule has 7 heteroatoms. The van der Waals surface area contributed by atoms with Crippen LogP contribution in [0.5, 0.6) is 0 Å². The van der Waals surface area contributed by atoms with Gasteiger partial charge in [0.15, 0.2) is 0 Å². The van der Waals surface area contributed by atoms with Gasteiger partial charge in [0.25, 0.3) is 5.91 Å². The first-order valence-electron chi connectivity index (χ1n) is 4.98. The van der Waals surface area contributed by atoms with Gasteiger partial charge in [-0.1, -0.05) is 0 Å². The Morgan fingerprint density at radius 2 is 2.24 bits per heavy atom. The highest BCUT2D eigenvalue weighted by atomic mass is 19.4. The Balaban J connectivity index is 2.71. The van der Waals surface area contributed by atoms with E-state index in [0.717, 1.165) is 4.57 Å². The van der Waals surface area contributed by atoms with Crippen LogP contribution in [-0.4, -0.2) is 34.4 Å². The van der Waals surface area contributed by atoms with Gasteiger partial charge in [0.1, 0.15) is 12.2 Å². The molecule has 0 saturated carbocycles. The topological polar surface area (TPSA) is 54.3 Å². The van der Waals surface area contributed by atoms with Gasteiger partial charge >= 0.3 is 6.18 Å². The molecule has 17 heavy (non-hydrogen) atoms. The van der Waals surface area contributed by atoms with Crippen molar-refractivity contribution in [3.05, 3.63) is 24.0 Å². The van der Waals surface area contributed by atoms with Gasteiger partial charge in [0.05, 0.1) is 6.10 Å². The third kappa shape index (κ3) is 4.48. The van der Waals surface area contributed by atoms with E-state index in [1.807, 2.05) is 0 Å². The van der Waals surface area contributed by atoms with Crippen molar-refractivity contribution in [2.75, 3.05) is 6.54 Å². The molecule has 1 rings (SSSR count). The molecule has 0 unspecified atom stereocenters. The molecule has 1 aromatic heterocycles. The fourth-order valence-electron chi connectivity index (χ4n) is 1.28. The lowest BCUT2D eigenvalue weighted by Gasteiger charge is -2.12. The number of hydrogen-bond acceptors (Lipinski definition) is 2. The van der Waals surface area contributed by atoms with Crippen molar-refractivity contribution in [1.82, 2.24) is 9.88 Å². The van der Waals surface area contributed by atoms with E-state index >= 15 is 0 Å². The van der Waals surface area contributed by atoms with Gasteiger partial charge < -0.3 is 15.0 Å². The van der Waals surface area contributed by atoms with E-state index in [1.54, 1.807) is 0 Å². The first-order chi connectivity index (χ1) is 7.79. The van der Waals surface area contributed by atoms with E-state index in [-0.39, 0.29) is 12.2 Å². The van der Waals surface area contributed by atoms with Crippen LogP contribution in [0.15, 0.2) is 18.3 Å². The first kappa shape index (κ1) is 13.6. The molecule has 0 bridgehead atoms. The van der Waals surface area contributed by atoms with Gasteiger partial charge in [-0.25, -0.2) is 0 Å². The second kappa shape index (κ2) is 5.22. The molecule has 2 N–H and O–H groups in total. The minimum absolute atomic E-state index is 0.00394. The Labute approximate surface area is 96.0 Å². The maximum Gasteiger partial charge on any atom is 0.406 e. The van der Waals surface area contributed by atoms with Gasteiger partial charge in [-0.3, -0.25) is 4.79 Å². The second-order valence-electron chi connectivity index (χ2n) is 3.70. The van der Waals surface area contributed by atoms with Gasteiger partial charge in [0.2, 0.25) is 0 Å². The first-order valence-corrected chi connectivity index (χ1v) is 4.98. The van der Waals surface area contributed by atoms with E-state index in [1.165, 1.54) is 25.3 Å². The van der Waals surface area contributed by atoms with Crippen molar-refractivity contribution in [3.8, 4) is 0 Å². The number of aromatic nitrogens is 1. The predicted molar refractivity (Wildman–Crippen MR) is 54.5 cm³/mol. The normalized spacial score (nSPS) is 13.5. The molecule has 1 heterocycles. The van der Waals surface area contributed by atoms with Crippen LogP contribution in [0.4, 0.5) is 13.2 Å². The number of alkyl halides is 3. The summed E-state index contributed by atoms with van der Waals surface area (Å²) in [7, 11) is 0. The minimum atomic E-state index is -4.38. The highest BCUT2D eigenvalue weighted by Gasteiger charge is 2.29. The van der Waals surface area contributed by atoms with Crippen molar-refractivity contribution in [2.45, 2.75) is 25.7 Å². The van der Waals surface area contributed by atoms with Crippen LogP contribution in [0.2, 0.25) is 0 Å². The Kier molecular flexibility index (Phi) is 4.17. The highest BCUT2D eigenvalue weighted by Crippen LogP contribution is 2.18. The molecule has 1 atom stereocenters. The average molecular weight is 250 g/mol. The van der Waals surface area contributed by atoms with Crippen LogP contribution >= 0.6 is 0 Å². The summed E-state index contributed by atoms with van der Waals surface area (Å²) in [6, 6.07) is 2.66. The molecule has 1 aromatic rings. The number of aliphatic hydroxyl groups is 1. The molecule has 0 saturated heterocycles. The van der Waals surface area contributed by atoms with Crippen LogP contribution < -0.4 is 5.32 Å².